The van der Waals surface area contributed by atoms with Crippen molar-refractivity contribution in [2.45, 2.75) is 110 Å². The molecule has 0 unspecified atom stereocenters. The maximum Gasteiger partial charge on any atom is 0.220 e. The Bertz CT molecular complexity index is 719. The van der Waals surface area contributed by atoms with Gasteiger partial charge in [0.15, 0.2) is 0 Å². The molecule has 0 bridgehead atoms. The lowest BCUT2D eigenvalue weighted by molar-refractivity contribution is -0.207. The van der Waals surface area contributed by atoms with Crippen LogP contribution in [0.1, 0.15) is 91.4 Å². The minimum absolute atomic E-state index is 0.108. The number of aliphatic hydroxyl groups is 3. The lowest BCUT2D eigenvalue weighted by Gasteiger charge is -2.63. The van der Waals surface area contributed by atoms with E-state index in [4.69, 9.17) is 5.73 Å². The first-order chi connectivity index (χ1) is 16.1. The Morgan fingerprint density at radius 2 is 1.82 bits per heavy atom. The molecule has 34 heavy (non-hydrogen) atoms. The molecule has 4 rings (SSSR count). The van der Waals surface area contributed by atoms with Crippen LogP contribution >= 0.6 is 0 Å². The van der Waals surface area contributed by atoms with Crippen molar-refractivity contribution in [2.75, 3.05) is 13.1 Å². The molecular formula is C28H50N2O4. The predicted octanol–water partition coefficient (Wildman–Crippen LogP) is 3.22. The first kappa shape index (κ1) is 26.4. The molecule has 0 aromatic carbocycles. The molecule has 6 nitrogen and oxygen atoms in total. The Balaban J connectivity index is 1.43. The third-order valence-corrected chi connectivity index (χ3v) is 11.3. The average molecular weight is 479 g/mol. The van der Waals surface area contributed by atoms with Crippen molar-refractivity contribution in [3.8, 4) is 0 Å². The van der Waals surface area contributed by atoms with E-state index in [1.54, 1.807) is 0 Å². The molecule has 11 atom stereocenters. The second-order valence-corrected chi connectivity index (χ2v) is 12.9. The summed E-state index contributed by atoms with van der Waals surface area (Å²) in [4.78, 5) is 12.3. The van der Waals surface area contributed by atoms with Crippen molar-refractivity contribution in [2.24, 2.45) is 52.1 Å². The fraction of sp³-hybridized carbons (Fsp3) is 0.964. The summed E-state index contributed by atoms with van der Waals surface area (Å²) in [5.41, 5.74) is 5.44. The van der Waals surface area contributed by atoms with E-state index in [1.807, 2.05) is 0 Å². The molecule has 0 heterocycles. The van der Waals surface area contributed by atoms with Crippen molar-refractivity contribution in [1.82, 2.24) is 5.32 Å². The minimum Gasteiger partial charge on any atom is -0.393 e. The highest BCUT2D eigenvalue weighted by Gasteiger charge is 2.65. The van der Waals surface area contributed by atoms with E-state index in [0.29, 0.717) is 49.1 Å². The monoisotopic (exact) mass is 478 g/mol. The largest absolute Gasteiger partial charge is 0.393 e. The van der Waals surface area contributed by atoms with E-state index < -0.39 is 0 Å². The molecule has 0 spiro atoms. The van der Waals surface area contributed by atoms with Gasteiger partial charge in [0, 0.05) is 13.0 Å². The van der Waals surface area contributed by atoms with Crippen LogP contribution in [0.25, 0.3) is 0 Å². The molecule has 196 valence electrons. The number of rotatable bonds is 8. The molecule has 0 saturated heterocycles. The third-order valence-electron chi connectivity index (χ3n) is 11.3. The van der Waals surface area contributed by atoms with Gasteiger partial charge in [-0.15, -0.1) is 0 Å². The summed E-state index contributed by atoms with van der Waals surface area (Å²) in [6, 6.07) is 0. The highest BCUT2D eigenvalue weighted by molar-refractivity contribution is 5.75. The van der Waals surface area contributed by atoms with Crippen molar-refractivity contribution < 1.29 is 20.1 Å². The minimum atomic E-state index is -0.367. The lowest BCUT2D eigenvalue weighted by atomic mass is 9.43. The summed E-state index contributed by atoms with van der Waals surface area (Å²) in [5.74, 6) is 2.12. The summed E-state index contributed by atoms with van der Waals surface area (Å²) in [6.45, 7) is 8.28. The van der Waals surface area contributed by atoms with Gasteiger partial charge in [-0.3, -0.25) is 4.79 Å². The number of aliphatic hydroxyl groups excluding tert-OH is 3. The zero-order valence-electron chi connectivity index (χ0n) is 21.7. The third kappa shape index (κ3) is 4.57. The van der Waals surface area contributed by atoms with Gasteiger partial charge < -0.3 is 26.4 Å². The van der Waals surface area contributed by atoms with Crippen LogP contribution in [-0.4, -0.2) is 52.6 Å². The molecule has 4 fully saturated rings. The molecule has 4 saturated carbocycles. The van der Waals surface area contributed by atoms with Gasteiger partial charge in [0.25, 0.3) is 0 Å². The maximum absolute atomic E-state index is 12.3. The Labute approximate surface area is 206 Å². The standard InChI is InChI=1S/C28H50N2O4/c1-17(6-9-25(34)30-13-5-4-12-29)20-7-8-21-26-22(16-24(33)28(20,21)3)27(2)11-10-19(31)14-18(27)15-23(26)32/h17-24,26,31-33H,4-16,29H2,1-3H3,(H,30,34)/t17-,18+,19-,20-,21+,22+,23-,24+,26+,27+,28-/m1/s1. The highest BCUT2D eigenvalue weighted by Crippen LogP contribution is 2.68. The number of nitrogens with one attached hydrogen (secondary N) is 1. The Morgan fingerprint density at radius 1 is 1.06 bits per heavy atom. The van der Waals surface area contributed by atoms with Crippen molar-refractivity contribution in [3.05, 3.63) is 0 Å². The van der Waals surface area contributed by atoms with E-state index in [0.717, 1.165) is 64.2 Å². The van der Waals surface area contributed by atoms with Gasteiger partial charge in [0.1, 0.15) is 0 Å². The number of hydrogen-bond acceptors (Lipinski definition) is 5. The Hall–Kier alpha value is -0.690. The Morgan fingerprint density at radius 3 is 2.56 bits per heavy atom. The number of unbranched alkanes of at least 4 members (excludes halogenated alkanes) is 1. The molecular weight excluding hydrogens is 428 g/mol. The van der Waals surface area contributed by atoms with E-state index in [-0.39, 0.29) is 41.0 Å². The Kier molecular flexibility index (Phi) is 8.03. The summed E-state index contributed by atoms with van der Waals surface area (Å²) in [7, 11) is 0. The normalized spacial score (nSPS) is 46.8. The first-order valence-electron chi connectivity index (χ1n) is 14.1. The molecule has 4 aliphatic carbocycles. The van der Waals surface area contributed by atoms with Gasteiger partial charge in [-0.25, -0.2) is 0 Å². The van der Waals surface area contributed by atoms with Crippen molar-refractivity contribution in [3.63, 3.8) is 0 Å². The number of fused-ring (bicyclic) bond motifs is 5. The summed E-state index contributed by atoms with van der Waals surface area (Å²) >= 11 is 0. The number of carbonyl (C=O) groups excluding carboxylic acids is 1. The summed E-state index contributed by atoms with van der Waals surface area (Å²) < 4.78 is 0. The van der Waals surface area contributed by atoms with E-state index >= 15 is 0 Å². The smallest absolute Gasteiger partial charge is 0.220 e. The van der Waals surface area contributed by atoms with Gasteiger partial charge in [0.05, 0.1) is 18.3 Å². The van der Waals surface area contributed by atoms with Crippen molar-refractivity contribution >= 4 is 5.91 Å². The van der Waals surface area contributed by atoms with Gasteiger partial charge >= 0.3 is 0 Å². The average Bonchev–Trinajstić information content (AvgIpc) is 3.15. The molecule has 6 N–H and O–H groups in total. The van der Waals surface area contributed by atoms with E-state index in [2.05, 4.69) is 26.1 Å². The molecule has 4 aliphatic rings. The van der Waals surface area contributed by atoms with Crippen LogP contribution in [0, 0.1) is 46.3 Å². The highest BCUT2D eigenvalue weighted by atomic mass is 16.3. The quantitative estimate of drug-likeness (QED) is 0.344. The molecule has 1 amide bonds. The molecule has 0 aliphatic heterocycles. The second-order valence-electron chi connectivity index (χ2n) is 12.9. The van der Waals surface area contributed by atoms with E-state index in [1.165, 1.54) is 0 Å². The maximum atomic E-state index is 12.3. The van der Waals surface area contributed by atoms with Gasteiger partial charge in [-0.1, -0.05) is 20.8 Å². The SMILES string of the molecule is C[C@H](CCC(=O)NCCCCN)[C@H]1CC[C@H]2[C@@H]3[C@H](O)C[C@@H]4C[C@H](O)CC[C@]4(C)[C@H]3C[C@H](O)[C@]12C. The first-order valence-corrected chi connectivity index (χ1v) is 14.1. The topological polar surface area (TPSA) is 116 Å². The second kappa shape index (κ2) is 10.4. The van der Waals surface area contributed by atoms with Gasteiger partial charge in [-0.2, -0.15) is 0 Å². The number of amides is 1. The number of nitrogens with two attached hydrogens (primary N) is 1. The van der Waals surface area contributed by atoms with Crippen LogP contribution in [0.4, 0.5) is 0 Å². The number of carbonyl (C=O) groups is 1. The summed E-state index contributed by atoms with van der Waals surface area (Å²) in [5, 5.41) is 36.4. The van der Waals surface area contributed by atoms with E-state index in [9.17, 15) is 20.1 Å². The lowest BCUT2D eigenvalue weighted by Crippen LogP contribution is -2.62. The van der Waals surface area contributed by atoms with Gasteiger partial charge in [-0.05, 0) is 117 Å². The van der Waals surface area contributed by atoms with Crippen LogP contribution in [-0.2, 0) is 4.79 Å². The molecule has 0 aromatic rings. The number of hydrogen-bond donors (Lipinski definition) is 5. The zero-order valence-corrected chi connectivity index (χ0v) is 21.7. The molecule has 0 aromatic heterocycles. The summed E-state index contributed by atoms with van der Waals surface area (Å²) in [6.07, 6.45) is 8.64. The van der Waals surface area contributed by atoms with Crippen LogP contribution in [0.3, 0.4) is 0 Å². The predicted molar refractivity (Wildman–Crippen MR) is 134 cm³/mol. The van der Waals surface area contributed by atoms with Crippen molar-refractivity contribution in [1.29, 1.82) is 0 Å². The fourth-order valence-corrected chi connectivity index (χ4v) is 9.28. The van der Waals surface area contributed by atoms with Crippen LogP contribution in [0.2, 0.25) is 0 Å². The molecule has 0 radical (unpaired) electrons. The van der Waals surface area contributed by atoms with Crippen LogP contribution in [0.5, 0.6) is 0 Å². The van der Waals surface area contributed by atoms with Gasteiger partial charge in [0.2, 0.25) is 5.91 Å². The molecule has 6 heteroatoms. The van der Waals surface area contributed by atoms with Crippen LogP contribution in [0.15, 0.2) is 0 Å². The fourth-order valence-electron chi connectivity index (χ4n) is 9.28. The zero-order chi connectivity index (χ0) is 24.7. The van der Waals surface area contributed by atoms with Crippen LogP contribution < -0.4 is 11.1 Å².